The molecule has 0 aliphatic heterocycles. The van der Waals surface area contributed by atoms with Gasteiger partial charge in [-0.25, -0.2) is 4.79 Å². The van der Waals surface area contributed by atoms with Crippen molar-refractivity contribution in [3.8, 4) is 5.75 Å². The molecule has 8 nitrogen and oxygen atoms in total. The Morgan fingerprint density at radius 2 is 1.48 bits per heavy atom. The molecule has 0 fully saturated rings. The number of hydrogen-bond donors (Lipinski definition) is 3. The predicted octanol–water partition coefficient (Wildman–Crippen LogP) is 2.63. The number of carbonyl (C=O) groups is 3. The number of nitrogens with one attached hydrogen (secondary N) is 3. The maximum Gasteiger partial charge on any atom is 0.411 e. The van der Waals surface area contributed by atoms with Crippen LogP contribution in [0.5, 0.6) is 5.75 Å². The minimum atomic E-state index is -0.546. The highest BCUT2D eigenvalue weighted by Crippen LogP contribution is 2.14. The number of rotatable bonds is 7. The molecule has 0 radical (unpaired) electrons. The molecule has 2 rings (SSSR count). The van der Waals surface area contributed by atoms with Gasteiger partial charge in [-0.05, 0) is 55.5 Å². The van der Waals surface area contributed by atoms with Crippen molar-refractivity contribution in [2.45, 2.75) is 6.92 Å². The van der Waals surface area contributed by atoms with E-state index in [1.54, 1.807) is 62.6 Å². The number of ether oxygens (including phenoxy) is 2. The van der Waals surface area contributed by atoms with Gasteiger partial charge in [0.2, 0.25) is 5.91 Å². The average Bonchev–Trinajstić information content (AvgIpc) is 2.68. The summed E-state index contributed by atoms with van der Waals surface area (Å²) in [6.07, 6.45) is -0.546. The summed E-state index contributed by atoms with van der Waals surface area (Å²) in [6, 6.07) is 13.1. The molecule has 0 aromatic heterocycles. The van der Waals surface area contributed by atoms with Crippen LogP contribution in [0.15, 0.2) is 48.5 Å². The van der Waals surface area contributed by atoms with Crippen molar-refractivity contribution in [3.63, 3.8) is 0 Å². The molecule has 0 bridgehead atoms. The molecule has 2 aromatic carbocycles. The van der Waals surface area contributed by atoms with Gasteiger partial charge in [0.25, 0.3) is 5.91 Å². The second kappa shape index (κ2) is 9.81. The van der Waals surface area contributed by atoms with E-state index in [1.165, 1.54) is 0 Å². The van der Waals surface area contributed by atoms with E-state index in [9.17, 15) is 14.4 Å². The van der Waals surface area contributed by atoms with Gasteiger partial charge in [0.05, 0.1) is 20.3 Å². The number of benzene rings is 2. The lowest BCUT2D eigenvalue weighted by Gasteiger charge is -2.09. The lowest BCUT2D eigenvalue weighted by molar-refractivity contribution is -0.115. The van der Waals surface area contributed by atoms with Gasteiger partial charge in [0.1, 0.15) is 5.75 Å². The molecule has 8 heteroatoms. The Kier molecular flexibility index (Phi) is 7.18. The van der Waals surface area contributed by atoms with E-state index in [2.05, 4.69) is 16.0 Å². The number of anilines is 2. The van der Waals surface area contributed by atoms with Crippen LogP contribution in [0.4, 0.5) is 16.2 Å². The molecular formula is C19H21N3O5. The Bertz CT molecular complexity index is 788. The fourth-order valence-electron chi connectivity index (χ4n) is 2.13. The molecular weight excluding hydrogens is 350 g/mol. The number of hydrogen-bond acceptors (Lipinski definition) is 5. The molecule has 2 aromatic rings. The largest absolute Gasteiger partial charge is 0.497 e. The fourth-order valence-corrected chi connectivity index (χ4v) is 2.13. The van der Waals surface area contributed by atoms with E-state index in [0.717, 1.165) is 0 Å². The average molecular weight is 371 g/mol. The molecule has 0 aliphatic carbocycles. The first-order chi connectivity index (χ1) is 13.0. The van der Waals surface area contributed by atoms with Gasteiger partial charge in [-0.15, -0.1) is 0 Å². The van der Waals surface area contributed by atoms with Crippen LogP contribution >= 0.6 is 0 Å². The first kappa shape index (κ1) is 19.8. The van der Waals surface area contributed by atoms with Gasteiger partial charge >= 0.3 is 6.09 Å². The minimum absolute atomic E-state index is 0.173. The van der Waals surface area contributed by atoms with Crippen LogP contribution in [0, 0.1) is 0 Å². The van der Waals surface area contributed by atoms with E-state index < -0.39 is 6.09 Å². The summed E-state index contributed by atoms with van der Waals surface area (Å²) in [6.45, 7) is 1.82. The quantitative estimate of drug-likeness (QED) is 0.694. The highest BCUT2D eigenvalue weighted by molar-refractivity contribution is 5.99. The first-order valence-corrected chi connectivity index (χ1v) is 8.27. The molecule has 0 saturated heterocycles. The molecule has 0 unspecified atom stereocenters. The Hall–Kier alpha value is -3.55. The topological polar surface area (TPSA) is 106 Å². The second-order valence-corrected chi connectivity index (χ2v) is 5.38. The van der Waals surface area contributed by atoms with Crippen LogP contribution in [0.25, 0.3) is 0 Å². The molecule has 0 aliphatic rings. The van der Waals surface area contributed by atoms with E-state index in [-0.39, 0.29) is 25.0 Å². The summed E-state index contributed by atoms with van der Waals surface area (Å²) in [5.74, 6) is -0.0880. The maximum atomic E-state index is 12.0. The van der Waals surface area contributed by atoms with Gasteiger partial charge in [0.15, 0.2) is 0 Å². The summed E-state index contributed by atoms with van der Waals surface area (Å²) in [4.78, 5) is 35.3. The van der Waals surface area contributed by atoms with Crippen molar-refractivity contribution in [1.29, 1.82) is 0 Å². The van der Waals surface area contributed by atoms with Crippen LogP contribution in [0.1, 0.15) is 17.3 Å². The van der Waals surface area contributed by atoms with Crippen molar-refractivity contribution < 1.29 is 23.9 Å². The summed E-state index contributed by atoms with van der Waals surface area (Å²) < 4.78 is 9.81. The Labute approximate surface area is 156 Å². The van der Waals surface area contributed by atoms with Gasteiger partial charge < -0.3 is 20.1 Å². The van der Waals surface area contributed by atoms with Gasteiger partial charge in [0, 0.05) is 16.9 Å². The third kappa shape index (κ3) is 6.35. The SMILES string of the molecule is CCOC(=O)Nc1ccc(NC(=O)CNC(=O)c2ccc(OC)cc2)cc1. The molecule has 0 saturated carbocycles. The van der Waals surface area contributed by atoms with E-state index in [0.29, 0.717) is 22.7 Å². The van der Waals surface area contributed by atoms with Gasteiger partial charge in [-0.3, -0.25) is 14.9 Å². The van der Waals surface area contributed by atoms with Crippen LogP contribution in [-0.4, -0.2) is 38.2 Å². The predicted molar refractivity (Wildman–Crippen MR) is 101 cm³/mol. The van der Waals surface area contributed by atoms with Crippen LogP contribution in [0.3, 0.4) is 0 Å². The second-order valence-electron chi connectivity index (χ2n) is 5.38. The Morgan fingerprint density at radius 1 is 0.889 bits per heavy atom. The molecule has 3 N–H and O–H groups in total. The van der Waals surface area contributed by atoms with E-state index in [4.69, 9.17) is 9.47 Å². The summed E-state index contributed by atoms with van der Waals surface area (Å²) in [5, 5.41) is 7.75. The monoisotopic (exact) mass is 371 g/mol. The summed E-state index contributed by atoms with van der Waals surface area (Å²) in [7, 11) is 1.54. The van der Waals surface area contributed by atoms with Crippen molar-refractivity contribution in [2.24, 2.45) is 0 Å². The van der Waals surface area contributed by atoms with Crippen molar-refractivity contribution in [2.75, 3.05) is 30.9 Å². The minimum Gasteiger partial charge on any atom is -0.497 e. The summed E-state index contributed by atoms with van der Waals surface area (Å²) in [5.41, 5.74) is 1.50. The maximum absolute atomic E-state index is 12.0. The number of carbonyl (C=O) groups excluding carboxylic acids is 3. The number of amides is 3. The lowest BCUT2D eigenvalue weighted by atomic mass is 10.2. The Morgan fingerprint density at radius 3 is 2.04 bits per heavy atom. The normalized spacial score (nSPS) is 9.85. The van der Waals surface area contributed by atoms with Crippen molar-refractivity contribution in [1.82, 2.24) is 5.32 Å². The van der Waals surface area contributed by atoms with Crippen LogP contribution < -0.4 is 20.7 Å². The summed E-state index contributed by atoms with van der Waals surface area (Å²) >= 11 is 0. The molecule has 0 spiro atoms. The highest BCUT2D eigenvalue weighted by atomic mass is 16.5. The fraction of sp³-hybridized carbons (Fsp3) is 0.211. The third-order valence-corrected chi connectivity index (χ3v) is 3.45. The molecule has 0 atom stereocenters. The van der Waals surface area contributed by atoms with Crippen LogP contribution in [0.2, 0.25) is 0 Å². The molecule has 0 heterocycles. The third-order valence-electron chi connectivity index (χ3n) is 3.45. The zero-order valence-corrected chi connectivity index (χ0v) is 15.1. The molecule has 27 heavy (non-hydrogen) atoms. The van der Waals surface area contributed by atoms with E-state index >= 15 is 0 Å². The first-order valence-electron chi connectivity index (χ1n) is 8.27. The zero-order chi connectivity index (χ0) is 19.6. The van der Waals surface area contributed by atoms with Gasteiger partial charge in [-0.1, -0.05) is 0 Å². The molecule has 3 amide bonds. The zero-order valence-electron chi connectivity index (χ0n) is 15.1. The lowest BCUT2D eigenvalue weighted by Crippen LogP contribution is -2.32. The molecule has 142 valence electrons. The van der Waals surface area contributed by atoms with Crippen molar-refractivity contribution >= 4 is 29.3 Å². The highest BCUT2D eigenvalue weighted by Gasteiger charge is 2.09. The standard InChI is InChI=1S/C19H21N3O5/c1-3-27-19(25)22-15-8-6-14(7-9-15)21-17(23)12-20-18(24)13-4-10-16(26-2)11-5-13/h4-11H,3,12H2,1-2H3,(H,20,24)(H,21,23)(H,22,25). The van der Waals surface area contributed by atoms with Crippen LogP contribution in [-0.2, 0) is 9.53 Å². The van der Waals surface area contributed by atoms with Gasteiger partial charge in [-0.2, -0.15) is 0 Å². The van der Waals surface area contributed by atoms with Crippen molar-refractivity contribution in [3.05, 3.63) is 54.1 Å². The number of methoxy groups -OCH3 is 1. The smallest absolute Gasteiger partial charge is 0.411 e. The Balaban J connectivity index is 1.80. The van der Waals surface area contributed by atoms with E-state index in [1.807, 2.05) is 0 Å².